The highest BCUT2D eigenvalue weighted by atomic mass is 16.4. The third-order valence-electron chi connectivity index (χ3n) is 5.28. The maximum absolute atomic E-state index is 11.8. The predicted octanol–water partition coefficient (Wildman–Crippen LogP) is 3.89. The van der Waals surface area contributed by atoms with Crippen LogP contribution in [0.5, 0.6) is 0 Å². The summed E-state index contributed by atoms with van der Waals surface area (Å²) >= 11 is 0. The van der Waals surface area contributed by atoms with E-state index in [0.717, 1.165) is 19.3 Å². The first kappa shape index (κ1) is 28.4. The van der Waals surface area contributed by atoms with Crippen LogP contribution in [-0.4, -0.2) is 42.0 Å². The maximum atomic E-state index is 11.8. The molecule has 7 nitrogen and oxygen atoms in total. The number of amides is 2. The van der Waals surface area contributed by atoms with Gasteiger partial charge in [0.05, 0.1) is 0 Å². The minimum absolute atomic E-state index is 0.0169. The Labute approximate surface area is 182 Å². The van der Waals surface area contributed by atoms with E-state index in [4.69, 9.17) is 10.8 Å². The van der Waals surface area contributed by atoms with Crippen molar-refractivity contribution in [3.05, 3.63) is 0 Å². The van der Waals surface area contributed by atoms with Crippen molar-refractivity contribution < 1.29 is 19.5 Å². The van der Waals surface area contributed by atoms with E-state index in [9.17, 15) is 14.4 Å². The van der Waals surface area contributed by atoms with E-state index >= 15 is 0 Å². The summed E-state index contributed by atoms with van der Waals surface area (Å²) in [5.41, 5.74) is 5.62. The predicted molar refractivity (Wildman–Crippen MR) is 121 cm³/mol. The van der Waals surface area contributed by atoms with Crippen LogP contribution in [0.15, 0.2) is 0 Å². The fraction of sp³-hybridized carbons (Fsp3) is 0.870. The van der Waals surface area contributed by atoms with Crippen molar-refractivity contribution in [1.82, 2.24) is 10.6 Å². The topological polar surface area (TPSA) is 122 Å². The SMILES string of the molecule is CCCCCCCCCCCCCCCCCC(=O)NCC(N)C(=O)NCC(=O)O. The molecule has 0 heterocycles. The van der Waals surface area contributed by atoms with E-state index in [1.54, 1.807) is 0 Å². The quantitative estimate of drug-likeness (QED) is 0.207. The number of carbonyl (C=O) groups is 3. The number of rotatable bonds is 21. The Hall–Kier alpha value is -1.63. The lowest BCUT2D eigenvalue weighted by Crippen LogP contribution is -2.48. The van der Waals surface area contributed by atoms with Crippen molar-refractivity contribution in [2.75, 3.05) is 13.1 Å². The Morgan fingerprint density at radius 1 is 0.733 bits per heavy atom. The number of hydrogen-bond acceptors (Lipinski definition) is 4. The van der Waals surface area contributed by atoms with Gasteiger partial charge in [0, 0.05) is 13.0 Å². The normalized spacial score (nSPS) is 11.8. The number of aliphatic carboxylic acids is 1. The largest absolute Gasteiger partial charge is 0.480 e. The number of nitrogens with two attached hydrogens (primary N) is 1. The van der Waals surface area contributed by atoms with E-state index in [-0.39, 0.29) is 12.5 Å². The maximum Gasteiger partial charge on any atom is 0.322 e. The van der Waals surface area contributed by atoms with Crippen LogP contribution in [0.25, 0.3) is 0 Å². The van der Waals surface area contributed by atoms with Crippen LogP contribution >= 0.6 is 0 Å². The molecule has 0 aromatic heterocycles. The third kappa shape index (κ3) is 19.7. The molecule has 0 aliphatic rings. The Balaban J connectivity index is 3.37. The van der Waals surface area contributed by atoms with Crippen molar-refractivity contribution in [1.29, 1.82) is 0 Å². The molecule has 0 fully saturated rings. The number of unbranched alkanes of at least 4 members (excludes halogenated alkanes) is 14. The molecule has 0 aromatic rings. The summed E-state index contributed by atoms with van der Waals surface area (Å²) in [6, 6.07) is -0.936. The summed E-state index contributed by atoms with van der Waals surface area (Å²) in [6.45, 7) is 1.80. The lowest BCUT2D eigenvalue weighted by molar-refractivity contribution is -0.138. The molecule has 0 saturated carbocycles. The van der Waals surface area contributed by atoms with Crippen LogP contribution in [0, 0.1) is 0 Å². The fourth-order valence-corrected chi connectivity index (χ4v) is 3.36. The first-order chi connectivity index (χ1) is 14.5. The average molecular weight is 428 g/mol. The van der Waals surface area contributed by atoms with Gasteiger partial charge in [-0.15, -0.1) is 0 Å². The van der Waals surface area contributed by atoms with Crippen LogP contribution in [0.3, 0.4) is 0 Å². The highest BCUT2D eigenvalue weighted by molar-refractivity contribution is 5.86. The van der Waals surface area contributed by atoms with Crippen molar-refractivity contribution in [2.24, 2.45) is 5.73 Å². The second kappa shape index (κ2) is 20.6. The molecule has 7 heteroatoms. The van der Waals surface area contributed by atoms with Gasteiger partial charge in [-0.05, 0) is 6.42 Å². The van der Waals surface area contributed by atoms with Crippen LogP contribution in [0.2, 0.25) is 0 Å². The van der Waals surface area contributed by atoms with Crippen molar-refractivity contribution >= 4 is 17.8 Å². The molecule has 2 amide bonds. The summed E-state index contributed by atoms with van der Waals surface area (Å²) in [6.07, 6.45) is 19.7. The molecule has 0 aromatic carbocycles. The van der Waals surface area contributed by atoms with Crippen LogP contribution in [0.1, 0.15) is 110 Å². The van der Waals surface area contributed by atoms with Gasteiger partial charge in [0.15, 0.2) is 0 Å². The summed E-state index contributed by atoms with van der Waals surface area (Å²) in [4.78, 5) is 33.7. The molecule has 5 N–H and O–H groups in total. The standard InChI is InChI=1S/C23H45N3O4/c1-2-3-4-5-6-7-8-9-10-11-12-13-14-15-16-17-21(27)25-18-20(24)23(30)26-19-22(28)29/h20H,2-19,24H2,1H3,(H,25,27)(H,26,30)(H,28,29). The van der Waals surface area contributed by atoms with Crippen LogP contribution in [-0.2, 0) is 14.4 Å². The molecule has 0 saturated heterocycles. The zero-order valence-corrected chi connectivity index (χ0v) is 19.1. The zero-order valence-electron chi connectivity index (χ0n) is 19.1. The Kier molecular flexibility index (Phi) is 19.5. The van der Waals surface area contributed by atoms with E-state index < -0.39 is 24.5 Å². The first-order valence-corrected chi connectivity index (χ1v) is 12.0. The highest BCUT2D eigenvalue weighted by Crippen LogP contribution is 2.13. The van der Waals surface area contributed by atoms with Gasteiger partial charge in [-0.1, -0.05) is 96.8 Å². The lowest BCUT2D eigenvalue weighted by Gasteiger charge is -2.12. The molecule has 176 valence electrons. The fourth-order valence-electron chi connectivity index (χ4n) is 3.36. The summed E-state index contributed by atoms with van der Waals surface area (Å²) < 4.78 is 0. The van der Waals surface area contributed by atoms with Crippen LogP contribution < -0.4 is 16.4 Å². The van der Waals surface area contributed by atoms with Crippen molar-refractivity contribution in [3.8, 4) is 0 Å². The van der Waals surface area contributed by atoms with Crippen molar-refractivity contribution in [2.45, 2.75) is 116 Å². The van der Waals surface area contributed by atoms with E-state index in [1.807, 2.05) is 0 Å². The molecule has 0 aliphatic carbocycles. The second-order valence-corrected chi connectivity index (χ2v) is 8.22. The molecule has 1 unspecified atom stereocenters. The molecule has 0 bridgehead atoms. The summed E-state index contributed by atoms with van der Waals surface area (Å²) in [7, 11) is 0. The van der Waals surface area contributed by atoms with Gasteiger partial charge in [-0.25, -0.2) is 0 Å². The highest BCUT2D eigenvalue weighted by Gasteiger charge is 2.14. The Morgan fingerprint density at radius 3 is 1.60 bits per heavy atom. The van der Waals surface area contributed by atoms with E-state index in [0.29, 0.717) is 6.42 Å². The first-order valence-electron chi connectivity index (χ1n) is 12.0. The number of carboxylic acid groups (broad SMARTS) is 1. The van der Waals surface area contributed by atoms with Gasteiger partial charge in [0.1, 0.15) is 12.6 Å². The summed E-state index contributed by atoms with van der Waals surface area (Å²) in [5.74, 6) is -1.83. The average Bonchev–Trinajstić information content (AvgIpc) is 2.72. The van der Waals surface area contributed by atoms with E-state index in [2.05, 4.69) is 17.6 Å². The van der Waals surface area contributed by atoms with Gasteiger partial charge in [0.2, 0.25) is 11.8 Å². The summed E-state index contributed by atoms with van der Waals surface area (Å²) in [5, 5.41) is 13.3. The van der Waals surface area contributed by atoms with Gasteiger partial charge < -0.3 is 21.5 Å². The van der Waals surface area contributed by atoms with Crippen molar-refractivity contribution in [3.63, 3.8) is 0 Å². The Morgan fingerprint density at radius 2 is 1.17 bits per heavy atom. The number of carbonyl (C=O) groups excluding carboxylic acids is 2. The number of hydrogen-bond donors (Lipinski definition) is 4. The molecule has 0 rings (SSSR count). The van der Waals surface area contributed by atoms with Gasteiger partial charge in [-0.3, -0.25) is 14.4 Å². The molecular weight excluding hydrogens is 382 g/mol. The third-order valence-corrected chi connectivity index (χ3v) is 5.28. The molecule has 1 atom stereocenters. The van der Waals surface area contributed by atoms with Gasteiger partial charge in [-0.2, -0.15) is 0 Å². The molecule has 0 aliphatic heterocycles. The zero-order chi connectivity index (χ0) is 22.5. The lowest BCUT2D eigenvalue weighted by atomic mass is 10.0. The number of nitrogens with one attached hydrogen (secondary N) is 2. The monoisotopic (exact) mass is 427 g/mol. The van der Waals surface area contributed by atoms with Gasteiger partial charge in [0.25, 0.3) is 0 Å². The van der Waals surface area contributed by atoms with Crippen LogP contribution in [0.4, 0.5) is 0 Å². The second-order valence-electron chi connectivity index (χ2n) is 8.22. The minimum atomic E-state index is -1.13. The molecular formula is C23H45N3O4. The molecule has 0 spiro atoms. The van der Waals surface area contributed by atoms with Gasteiger partial charge >= 0.3 is 5.97 Å². The minimum Gasteiger partial charge on any atom is -0.480 e. The smallest absolute Gasteiger partial charge is 0.322 e. The molecule has 30 heavy (non-hydrogen) atoms. The molecule has 0 radical (unpaired) electrons. The van der Waals surface area contributed by atoms with E-state index in [1.165, 1.54) is 77.0 Å². The Bertz CT molecular complexity index is 458. The number of carboxylic acids is 1.